The monoisotopic (exact) mass is 422 g/mol. The first kappa shape index (κ1) is 14.6. The number of ether oxygens (including phenoxy) is 1. The highest BCUT2D eigenvalue weighted by atomic mass is 32.1. The molecule has 3 heterocycles. The number of nitrogens with zero attached hydrogens (tertiary/aromatic N) is 3. The summed E-state index contributed by atoms with van der Waals surface area (Å²) >= 11 is 1.41. The number of carbonyl (C=O) groups excluding carboxylic acids is 2. The van der Waals surface area contributed by atoms with Gasteiger partial charge in [0.15, 0.2) is 0 Å². The Morgan fingerprint density at radius 2 is 2.34 bits per heavy atom. The van der Waals surface area contributed by atoms with E-state index in [-0.39, 0.29) is 19.0 Å². The van der Waals surface area contributed by atoms with E-state index in [4.69, 9.17) is 8.22 Å². The molecule has 1 saturated heterocycles. The van der Waals surface area contributed by atoms with Crippen LogP contribution in [0.1, 0.15) is 45.5 Å². The number of thiazole rings is 1. The molecule has 29 heavy (non-hydrogen) atoms. The Bertz CT molecular complexity index is 1050. The Labute approximate surface area is 183 Å². The second-order valence-corrected chi connectivity index (χ2v) is 7.83. The lowest BCUT2D eigenvalue weighted by atomic mass is 9.89. The van der Waals surface area contributed by atoms with Crippen LogP contribution in [0.5, 0.6) is 0 Å². The molecule has 156 valence electrons. The van der Waals surface area contributed by atoms with Gasteiger partial charge in [-0.3, -0.25) is 14.6 Å². The first-order valence-corrected chi connectivity index (χ1v) is 10.2. The Morgan fingerprint density at radius 1 is 1.48 bits per heavy atom. The van der Waals surface area contributed by atoms with Crippen molar-refractivity contribution in [2.75, 3.05) is 19.7 Å². The minimum Gasteiger partial charge on any atom is -0.372 e. The van der Waals surface area contributed by atoms with Gasteiger partial charge in [0.05, 0.1) is 22.3 Å². The van der Waals surface area contributed by atoms with E-state index < -0.39 is 37.9 Å². The molecule has 1 aliphatic heterocycles. The van der Waals surface area contributed by atoms with Crippen LogP contribution in [0.3, 0.4) is 0 Å². The van der Waals surface area contributed by atoms with Crippen molar-refractivity contribution in [3.63, 3.8) is 0 Å². The van der Waals surface area contributed by atoms with Gasteiger partial charge in [0.25, 0.3) is 0 Å². The third-order valence-electron chi connectivity index (χ3n) is 5.00. The van der Waals surface area contributed by atoms with Gasteiger partial charge in [0.1, 0.15) is 11.6 Å². The van der Waals surface area contributed by atoms with Crippen molar-refractivity contribution in [3.05, 3.63) is 34.4 Å². The summed E-state index contributed by atoms with van der Waals surface area (Å²) in [4.78, 5) is 35.7. The molecule has 2 aromatic heterocycles. The number of carbonyl (C=O) groups is 2. The number of hydrogen-bond donors (Lipinski definition) is 1. The quantitative estimate of drug-likeness (QED) is 0.742. The van der Waals surface area contributed by atoms with Crippen molar-refractivity contribution in [1.82, 2.24) is 20.2 Å². The lowest BCUT2D eigenvalue weighted by Gasteiger charge is -2.38. The lowest BCUT2D eigenvalue weighted by molar-refractivity contribution is -0.143. The van der Waals surface area contributed by atoms with Gasteiger partial charge < -0.3 is 15.0 Å². The molecule has 0 aliphatic carbocycles. The summed E-state index contributed by atoms with van der Waals surface area (Å²) in [6.45, 7) is -4.28. The third kappa shape index (κ3) is 5.39. The zero-order valence-electron chi connectivity index (χ0n) is 22.3. The summed E-state index contributed by atoms with van der Waals surface area (Å²) in [6, 6.07) is 3.26. The molecule has 0 aromatic carbocycles. The number of likely N-dealkylation sites (tertiary alicyclic amines) is 1. The van der Waals surface area contributed by atoms with Gasteiger partial charge in [-0.2, -0.15) is 0 Å². The maximum Gasteiger partial charge on any atom is 0.248 e. The first-order valence-electron chi connectivity index (χ1n) is 12.4. The average molecular weight is 423 g/mol. The Morgan fingerprint density at radius 3 is 3.10 bits per heavy atom. The predicted molar refractivity (Wildman–Crippen MR) is 112 cm³/mol. The van der Waals surface area contributed by atoms with Gasteiger partial charge >= 0.3 is 0 Å². The number of aryl methyl sites for hydroxylation is 1. The zero-order chi connectivity index (χ0) is 26.0. The summed E-state index contributed by atoms with van der Waals surface area (Å²) in [6.07, 6.45) is 2.79. The number of piperidine rings is 1. The molecule has 1 unspecified atom stereocenters. The van der Waals surface area contributed by atoms with E-state index in [1.165, 1.54) is 16.2 Å². The van der Waals surface area contributed by atoms with Gasteiger partial charge in [-0.05, 0) is 45.7 Å². The molecule has 1 aliphatic rings. The normalized spacial score (nSPS) is 24.3. The molecule has 0 saturated carbocycles. The number of hydrogen-bond acceptors (Lipinski definition) is 6. The van der Waals surface area contributed by atoms with E-state index in [0.717, 1.165) is 22.0 Å². The molecule has 8 heteroatoms. The van der Waals surface area contributed by atoms with Gasteiger partial charge in [-0.1, -0.05) is 0 Å². The molecule has 0 radical (unpaired) electrons. The van der Waals surface area contributed by atoms with Crippen molar-refractivity contribution in [3.8, 4) is 11.3 Å². The zero-order valence-corrected chi connectivity index (χ0v) is 17.2. The summed E-state index contributed by atoms with van der Waals surface area (Å²) in [5.41, 5.74) is 2.56. The van der Waals surface area contributed by atoms with Crippen LogP contribution in [0.25, 0.3) is 11.3 Å². The molecule has 1 N–H and O–H groups in total. The molecule has 1 fully saturated rings. The minimum atomic E-state index is -3.15. The number of aromatic nitrogens is 2. The van der Waals surface area contributed by atoms with Crippen LogP contribution in [-0.2, 0) is 20.9 Å². The minimum absolute atomic E-state index is 0.225. The van der Waals surface area contributed by atoms with Gasteiger partial charge in [-0.25, -0.2) is 4.98 Å². The van der Waals surface area contributed by atoms with Crippen molar-refractivity contribution < 1.29 is 22.6 Å². The summed E-state index contributed by atoms with van der Waals surface area (Å²) in [5.74, 6) is -1.68. The van der Waals surface area contributed by atoms with Crippen LogP contribution in [0.15, 0.2) is 23.7 Å². The van der Waals surface area contributed by atoms with E-state index >= 15 is 0 Å². The largest absolute Gasteiger partial charge is 0.372 e. The third-order valence-corrected chi connectivity index (χ3v) is 5.85. The van der Waals surface area contributed by atoms with E-state index in [0.29, 0.717) is 12.8 Å². The number of nitrogens with one attached hydrogen (secondary N) is 1. The summed E-state index contributed by atoms with van der Waals surface area (Å²) in [7, 11) is 0. The SMILES string of the molecule is [2H]C(OC([2H])([2H])C([2H])([2H])[2H])C(=O)N1CCC[C@H](C(=O)NCc2nc(-c3ccc(C)nc3)cs2)[C@@H]1C. The van der Waals surface area contributed by atoms with Crippen molar-refractivity contribution in [2.45, 2.75) is 46.1 Å². The maximum atomic E-state index is 12.9. The van der Waals surface area contributed by atoms with Crippen LogP contribution >= 0.6 is 11.3 Å². The van der Waals surface area contributed by atoms with E-state index in [9.17, 15) is 9.59 Å². The molecular formula is C21H28N4O3S. The number of pyridine rings is 1. The van der Waals surface area contributed by atoms with Crippen LogP contribution in [0.4, 0.5) is 0 Å². The van der Waals surface area contributed by atoms with Crippen molar-refractivity contribution in [1.29, 1.82) is 0 Å². The van der Waals surface area contributed by atoms with Crippen LogP contribution in [-0.4, -0.2) is 52.4 Å². The Balaban J connectivity index is 1.59. The van der Waals surface area contributed by atoms with E-state index in [1.807, 2.05) is 24.4 Å². The molecule has 0 bridgehead atoms. The molecule has 0 spiro atoms. The molecule has 7 nitrogen and oxygen atoms in total. The van der Waals surface area contributed by atoms with Crippen LogP contribution < -0.4 is 5.32 Å². The summed E-state index contributed by atoms with van der Waals surface area (Å²) in [5, 5.41) is 5.47. The predicted octanol–water partition coefficient (Wildman–Crippen LogP) is 2.79. The second kappa shape index (κ2) is 9.93. The number of rotatable bonds is 7. The fourth-order valence-corrected chi connectivity index (χ4v) is 4.13. The standard InChI is InChI=1S/C21H28N4O3S/c1-4-28-12-20(26)25-9-5-6-17(15(25)3)21(27)23-11-19-24-18(13-29-19)16-8-7-14(2)22-10-16/h7-8,10,13,15,17H,4-6,9,11-12H2,1-3H3,(H,23,27)/t15-,17-/m0/s1/i1D3,4D2,12D/t12?,15-,17-. The molecule has 2 aromatic rings. The lowest BCUT2D eigenvalue weighted by Crippen LogP contribution is -2.52. The molecular weight excluding hydrogens is 388 g/mol. The highest BCUT2D eigenvalue weighted by Gasteiger charge is 2.35. The Kier molecular flexibility index (Phi) is 5.01. The maximum absolute atomic E-state index is 12.9. The van der Waals surface area contributed by atoms with Gasteiger partial charge in [0.2, 0.25) is 11.8 Å². The smallest absolute Gasteiger partial charge is 0.248 e. The average Bonchev–Trinajstić information content (AvgIpc) is 3.25. The van der Waals surface area contributed by atoms with Crippen LogP contribution in [0.2, 0.25) is 0 Å². The van der Waals surface area contributed by atoms with E-state index in [1.54, 1.807) is 13.1 Å². The molecule has 2 amide bonds. The first-order chi connectivity index (χ1) is 16.3. The fraction of sp³-hybridized carbons (Fsp3) is 0.524. The molecule has 3 rings (SSSR count). The van der Waals surface area contributed by atoms with Gasteiger partial charge in [-0.15, -0.1) is 11.3 Å². The molecule has 3 atom stereocenters. The van der Waals surface area contributed by atoms with Crippen LogP contribution in [0, 0.1) is 12.8 Å². The summed E-state index contributed by atoms with van der Waals surface area (Å²) < 4.78 is 49.1. The van der Waals surface area contributed by atoms with Crippen molar-refractivity contribution >= 4 is 23.2 Å². The fourth-order valence-electron chi connectivity index (χ4n) is 3.39. The van der Waals surface area contributed by atoms with Crippen molar-refractivity contribution in [2.24, 2.45) is 5.92 Å². The highest BCUT2D eigenvalue weighted by Crippen LogP contribution is 2.25. The van der Waals surface area contributed by atoms with E-state index in [2.05, 4.69) is 20.0 Å². The Hall–Kier alpha value is -2.32. The number of amides is 2. The topological polar surface area (TPSA) is 84.4 Å². The second-order valence-electron chi connectivity index (χ2n) is 6.89. The van der Waals surface area contributed by atoms with Gasteiger partial charge in [0, 0.05) is 46.1 Å². The highest BCUT2D eigenvalue weighted by molar-refractivity contribution is 7.09.